The van der Waals surface area contributed by atoms with Crippen molar-refractivity contribution in [3.8, 4) is 0 Å². The van der Waals surface area contributed by atoms with Crippen molar-refractivity contribution in [2.24, 2.45) is 0 Å². The Hall–Kier alpha value is -1.35. The minimum atomic E-state index is -1.81. The molecule has 0 fully saturated rings. The van der Waals surface area contributed by atoms with Crippen LogP contribution >= 0.6 is 0 Å². The predicted molar refractivity (Wildman–Crippen MR) is 53.1 cm³/mol. The van der Waals surface area contributed by atoms with Gasteiger partial charge in [0.15, 0.2) is 5.60 Å². The highest BCUT2D eigenvalue weighted by molar-refractivity contribution is 5.78. The fraction of sp³-hybridized carbons (Fsp3) is 0.364. The van der Waals surface area contributed by atoms with Crippen LogP contribution in [0.4, 0.5) is 0 Å². The lowest BCUT2D eigenvalue weighted by Crippen LogP contribution is -2.31. The fourth-order valence-electron chi connectivity index (χ4n) is 1.38. The van der Waals surface area contributed by atoms with E-state index < -0.39 is 11.6 Å². The first kappa shape index (κ1) is 10.7. The zero-order valence-electron chi connectivity index (χ0n) is 8.53. The number of carboxylic acid groups (broad SMARTS) is 1. The molecule has 1 unspecified atom stereocenters. The molecule has 0 aromatic heterocycles. The Morgan fingerprint density at radius 2 is 1.64 bits per heavy atom. The van der Waals surface area contributed by atoms with E-state index in [0.29, 0.717) is 5.56 Å². The van der Waals surface area contributed by atoms with Gasteiger partial charge in [-0.1, -0.05) is 29.3 Å². The van der Waals surface area contributed by atoms with Gasteiger partial charge < -0.3 is 10.2 Å². The van der Waals surface area contributed by atoms with Crippen molar-refractivity contribution in [3.63, 3.8) is 0 Å². The summed E-state index contributed by atoms with van der Waals surface area (Å²) in [5.41, 5.74) is 0.502. The molecular formula is C11H14O3. The Morgan fingerprint density at radius 3 is 2.00 bits per heavy atom. The molecule has 76 valence electrons. The minimum Gasteiger partial charge on any atom is -0.479 e. The molecule has 3 heteroatoms. The number of hydrogen-bond donors (Lipinski definition) is 2. The third kappa shape index (κ3) is 1.93. The molecule has 14 heavy (non-hydrogen) atoms. The van der Waals surface area contributed by atoms with Crippen LogP contribution in [0.5, 0.6) is 0 Å². The normalized spacial score (nSPS) is 14.9. The highest BCUT2D eigenvalue weighted by Gasteiger charge is 2.32. The third-order valence-corrected chi connectivity index (χ3v) is 2.20. The van der Waals surface area contributed by atoms with Gasteiger partial charge in [0.25, 0.3) is 0 Å². The quantitative estimate of drug-likeness (QED) is 0.751. The summed E-state index contributed by atoms with van der Waals surface area (Å²) in [5.74, 6) is -1.23. The molecule has 0 bridgehead atoms. The number of hydrogen-bond acceptors (Lipinski definition) is 2. The van der Waals surface area contributed by atoms with Gasteiger partial charge in [0, 0.05) is 0 Å². The maximum atomic E-state index is 10.8. The van der Waals surface area contributed by atoms with Crippen LogP contribution in [0.3, 0.4) is 0 Å². The molecule has 0 saturated carbocycles. The van der Waals surface area contributed by atoms with Crippen LogP contribution in [0.15, 0.2) is 18.2 Å². The van der Waals surface area contributed by atoms with E-state index >= 15 is 0 Å². The summed E-state index contributed by atoms with van der Waals surface area (Å²) in [5, 5.41) is 18.5. The minimum absolute atomic E-state index is 0.419. The van der Waals surface area contributed by atoms with Crippen molar-refractivity contribution in [2.75, 3.05) is 0 Å². The zero-order valence-corrected chi connectivity index (χ0v) is 8.53. The third-order valence-electron chi connectivity index (χ3n) is 2.20. The standard InChI is InChI=1S/C11H14O3/c1-7-4-8(2)6-9(5-7)11(3,14)10(12)13/h4-6,14H,1-3H3,(H,12,13). The second kappa shape index (κ2) is 3.42. The van der Waals surface area contributed by atoms with Crippen LogP contribution in [-0.4, -0.2) is 16.2 Å². The van der Waals surface area contributed by atoms with Crippen molar-refractivity contribution in [1.29, 1.82) is 0 Å². The van der Waals surface area contributed by atoms with Crippen LogP contribution < -0.4 is 0 Å². The van der Waals surface area contributed by atoms with Gasteiger partial charge in [-0.05, 0) is 26.3 Å². The van der Waals surface area contributed by atoms with Crippen LogP contribution in [0.1, 0.15) is 23.6 Å². The molecule has 0 heterocycles. The maximum Gasteiger partial charge on any atom is 0.340 e. The van der Waals surface area contributed by atoms with E-state index in [1.807, 2.05) is 19.9 Å². The van der Waals surface area contributed by atoms with E-state index in [0.717, 1.165) is 11.1 Å². The van der Waals surface area contributed by atoms with Crippen molar-refractivity contribution in [3.05, 3.63) is 34.9 Å². The lowest BCUT2D eigenvalue weighted by atomic mass is 9.93. The summed E-state index contributed by atoms with van der Waals surface area (Å²) in [4.78, 5) is 10.8. The number of rotatable bonds is 2. The molecule has 0 aliphatic heterocycles. The van der Waals surface area contributed by atoms with E-state index in [4.69, 9.17) is 5.11 Å². The molecule has 0 spiro atoms. The lowest BCUT2D eigenvalue weighted by Gasteiger charge is -2.19. The SMILES string of the molecule is Cc1cc(C)cc(C(C)(O)C(=O)O)c1. The van der Waals surface area contributed by atoms with Crippen molar-refractivity contribution in [2.45, 2.75) is 26.4 Å². The highest BCUT2D eigenvalue weighted by Crippen LogP contribution is 2.23. The monoisotopic (exact) mass is 194 g/mol. The van der Waals surface area contributed by atoms with E-state index in [1.165, 1.54) is 6.92 Å². The van der Waals surface area contributed by atoms with Crippen molar-refractivity contribution >= 4 is 5.97 Å². The van der Waals surface area contributed by atoms with Gasteiger partial charge in [-0.25, -0.2) is 4.79 Å². The second-order valence-corrected chi connectivity index (χ2v) is 3.75. The summed E-state index contributed by atoms with van der Waals surface area (Å²) in [6, 6.07) is 5.30. The number of aliphatic hydroxyl groups is 1. The molecule has 1 atom stereocenters. The van der Waals surface area contributed by atoms with E-state index in [-0.39, 0.29) is 0 Å². The largest absolute Gasteiger partial charge is 0.479 e. The fourth-order valence-corrected chi connectivity index (χ4v) is 1.38. The molecule has 1 aromatic carbocycles. The predicted octanol–water partition coefficient (Wildman–Crippen LogP) is 1.60. The Bertz CT molecular complexity index is 347. The first-order valence-electron chi connectivity index (χ1n) is 4.38. The number of aryl methyl sites for hydroxylation is 2. The highest BCUT2D eigenvalue weighted by atomic mass is 16.4. The summed E-state index contributed by atoms with van der Waals surface area (Å²) >= 11 is 0. The molecule has 2 N–H and O–H groups in total. The Morgan fingerprint density at radius 1 is 1.21 bits per heavy atom. The van der Waals surface area contributed by atoms with Crippen molar-refractivity contribution in [1.82, 2.24) is 0 Å². The molecule has 0 amide bonds. The first-order valence-corrected chi connectivity index (χ1v) is 4.38. The van der Waals surface area contributed by atoms with Gasteiger partial charge in [-0.15, -0.1) is 0 Å². The van der Waals surface area contributed by atoms with Gasteiger partial charge in [-0.3, -0.25) is 0 Å². The van der Waals surface area contributed by atoms with E-state index in [9.17, 15) is 9.90 Å². The molecule has 1 rings (SSSR count). The average molecular weight is 194 g/mol. The summed E-state index contributed by atoms with van der Waals surface area (Å²) in [7, 11) is 0. The summed E-state index contributed by atoms with van der Waals surface area (Å²) < 4.78 is 0. The summed E-state index contributed by atoms with van der Waals surface area (Å²) in [6.45, 7) is 5.02. The second-order valence-electron chi connectivity index (χ2n) is 3.75. The topological polar surface area (TPSA) is 57.5 Å². The lowest BCUT2D eigenvalue weighted by molar-refractivity contribution is -0.157. The van der Waals surface area contributed by atoms with Gasteiger partial charge in [0.05, 0.1) is 0 Å². The van der Waals surface area contributed by atoms with Gasteiger partial charge in [0.1, 0.15) is 0 Å². The smallest absolute Gasteiger partial charge is 0.340 e. The number of carboxylic acids is 1. The van der Waals surface area contributed by atoms with Gasteiger partial charge in [-0.2, -0.15) is 0 Å². The molecule has 0 aliphatic carbocycles. The Labute approximate surface area is 83.0 Å². The maximum absolute atomic E-state index is 10.8. The summed E-state index contributed by atoms with van der Waals surface area (Å²) in [6.07, 6.45) is 0. The Balaban J connectivity index is 3.25. The average Bonchev–Trinajstić information content (AvgIpc) is 2.01. The molecular weight excluding hydrogens is 180 g/mol. The zero-order chi connectivity index (χ0) is 10.9. The van der Waals surface area contributed by atoms with Crippen molar-refractivity contribution < 1.29 is 15.0 Å². The molecule has 3 nitrogen and oxygen atoms in total. The van der Waals surface area contributed by atoms with E-state index in [1.54, 1.807) is 12.1 Å². The number of aliphatic carboxylic acids is 1. The first-order chi connectivity index (χ1) is 6.34. The molecule has 0 radical (unpaired) electrons. The molecule has 0 aliphatic rings. The molecule has 1 aromatic rings. The Kier molecular flexibility index (Phi) is 2.62. The number of benzene rings is 1. The van der Waals surface area contributed by atoms with Crippen LogP contribution in [0, 0.1) is 13.8 Å². The van der Waals surface area contributed by atoms with Gasteiger partial charge in [0.2, 0.25) is 0 Å². The van der Waals surface area contributed by atoms with Crippen LogP contribution in [0.2, 0.25) is 0 Å². The van der Waals surface area contributed by atoms with Crippen LogP contribution in [0.25, 0.3) is 0 Å². The number of carbonyl (C=O) groups is 1. The van der Waals surface area contributed by atoms with E-state index in [2.05, 4.69) is 0 Å². The molecule has 0 saturated heterocycles. The van der Waals surface area contributed by atoms with Gasteiger partial charge >= 0.3 is 5.97 Å². The van der Waals surface area contributed by atoms with Crippen LogP contribution in [-0.2, 0) is 10.4 Å².